The maximum Gasteiger partial charge on any atom is 0.221 e. The summed E-state index contributed by atoms with van der Waals surface area (Å²) < 4.78 is 12.4. The molecule has 0 fully saturated rings. The number of ether oxygens (including phenoxy) is 2. The molecule has 0 aliphatic heterocycles. The Kier molecular flexibility index (Phi) is 42.3. The van der Waals surface area contributed by atoms with Gasteiger partial charge in [-0.05, 0) is 96.6 Å². The Hall–Kier alpha value is -1.69. The molecule has 5 heteroatoms. The first kappa shape index (κ1) is 50.3. The van der Waals surface area contributed by atoms with E-state index in [0.29, 0.717) is 19.6 Å². The third kappa shape index (κ3) is 39.5. The third-order valence-corrected chi connectivity index (χ3v) is 9.83. The van der Waals surface area contributed by atoms with Crippen LogP contribution in [-0.4, -0.2) is 62.9 Å². The molecule has 0 unspecified atom stereocenters. The van der Waals surface area contributed by atoms with E-state index in [1.54, 1.807) is 0 Å². The molecular formula is C47H88N2O3. The van der Waals surface area contributed by atoms with Crippen LogP contribution in [0.3, 0.4) is 0 Å². The summed E-state index contributed by atoms with van der Waals surface area (Å²) in [5, 5.41) is 3.12. The van der Waals surface area contributed by atoms with E-state index in [1.807, 2.05) is 0 Å². The number of nitrogens with one attached hydrogen (secondary N) is 1. The van der Waals surface area contributed by atoms with Gasteiger partial charge < -0.3 is 19.7 Å². The highest BCUT2D eigenvalue weighted by Crippen LogP contribution is 2.11. The fourth-order valence-corrected chi connectivity index (χ4v) is 6.22. The molecule has 0 heterocycles. The quantitative estimate of drug-likeness (QED) is 0.0503. The maximum atomic E-state index is 12.4. The molecule has 0 saturated carbocycles. The average Bonchev–Trinajstić information content (AvgIpc) is 3.15. The zero-order chi connectivity index (χ0) is 37.8. The smallest absolute Gasteiger partial charge is 0.221 e. The second-order valence-corrected chi connectivity index (χ2v) is 14.7. The van der Waals surface area contributed by atoms with Crippen LogP contribution in [-0.2, 0) is 14.3 Å². The van der Waals surface area contributed by atoms with Gasteiger partial charge in [0.1, 0.15) is 0 Å². The van der Waals surface area contributed by atoms with Crippen molar-refractivity contribution in [2.24, 2.45) is 0 Å². The molecule has 0 aliphatic carbocycles. The predicted octanol–water partition coefficient (Wildman–Crippen LogP) is 13.3. The van der Waals surface area contributed by atoms with Crippen molar-refractivity contribution in [1.82, 2.24) is 10.2 Å². The van der Waals surface area contributed by atoms with Crippen molar-refractivity contribution in [3.8, 4) is 0 Å². The standard InChI is InChI=1S/C47H88N2O3/c1-5-9-11-13-15-17-19-21-23-25-27-29-31-33-35-37-43-51-45-46(39-41-48-47(50)40-42-49(7-3)8-4)52-44-38-36-34-32-30-28-26-24-22-20-18-16-14-12-10-6-2/h15-18,21-24,46H,5-14,19-20,25-45H2,1-4H3,(H,48,50)/b17-15+,18-16+,23-21+,24-22+/t46-/m0/s1. The van der Waals surface area contributed by atoms with Crippen molar-refractivity contribution in [1.29, 1.82) is 0 Å². The molecule has 0 saturated heterocycles. The first-order valence-corrected chi connectivity index (χ1v) is 22.5. The Morgan fingerprint density at radius 3 is 1.48 bits per heavy atom. The van der Waals surface area contributed by atoms with Gasteiger partial charge in [-0.3, -0.25) is 4.79 Å². The molecule has 0 radical (unpaired) electrons. The Morgan fingerprint density at radius 2 is 1.00 bits per heavy atom. The zero-order valence-corrected chi connectivity index (χ0v) is 35.2. The lowest BCUT2D eigenvalue weighted by Gasteiger charge is -2.19. The number of nitrogens with zero attached hydrogens (tertiary/aromatic N) is 1. The summed E-state index contributed by atoms with van der Waals surface area (Å²) in [6.45, 7) is 14.5. The molecule has 1 amide bonds. The van der Waals surface area contributed by atoms with Crippen molar-refractivity contribution in [3.05, 3.63) is 48.6 Å². The highest BCUT2D eigenvalue weighted by Gasteiger charge is 2.11. The fraction of sp³-hybridized carbons (Fsp3) is 0.809. The fourth-order valence-electron chi connectivity index (χ4n) is 6.22. The van der Waals surface area contributed by atoms with Crippen LogP contribution in [0.25, 0.3) is 0 Å². The van der Waals surface area contributed by atoms with Crippen LogP contribution in [0.2, 0.25) is 0 Å². The maximum absolute atomic E-state index is 12.4. The average molecular weight is 729 g/mol. The van der Waals surface area contributed by atoms with Crippen molar-refractivity contribution in [2.45, 2.75) is 201 Å². The first-order valence-electron chi connectivity index (χ1n) is 22.5. The molecule has 52 heavy (non-hydrogen) atoms. The Labute approximate surface area is 324 Å². The van der Waals surface area contributed by atoms with Crippen LogP contribution >= 0.6 is 0 Å². The summed E-state index contributed by atoms with van der Waals surface area (Å²) in [6, 6.07) is 0. The van der Waals surface area contributed by atoms with Gasteiger partial charge in [0.25, 0.3) is 0 Å². The molecule has 0 bridgehead atoms. The summed E-state index contributed by atoms with van der Waals surface area (Å²) in [7, 11) is 0. The molecule has 0 spiro atoms. The van der Waals surface area contributed by atoms with Crippen molar-refractivity contribution in [2.75, 3.05) is 46.0 Å². The topological polar surface area (TPSA) is 50.8 Å². The van der Waals surface area contributed by atoms with Gasteiger partial charge in [0, 0.05) is 32.7 Å². The van der Waals surface area contributed by atoms with Crippen molar-refractivity contribution >= 4 is 5.91 Å². The summed E-state index contributed by atoms with van der Waals surface area (Å²) in [4.78, 5) is 14.7. The molecule has 304 valence electrons. The van der Waals surface area contributed by atoms with Gasteiger partial charge in [0.05, 0.1) is 12.7 Å². The van der Waals surface area contributed by atoms with E-state index >= 15 is 0 Å². The minimum Gasteiger partial charge on any atom is -0.379 e. The van der Waals surface area contributed by atoms with Gasteiger partial charge in [-0.2, -0.15) is 0 Å². The molecule has 1 N–H and O–H groups in total. The molecule has 0 aliphatic rings. The number of hydrogen-bond donors (Lipinski definition) is 1. The number of rotatable bonds is 41. The lowest BCUT2D eigenvalue weighted by Crippen LogP contribution is -2.33. The van der Waals surface area contributed by atoms with E-state index < -0.39 is 0 Å². The number of hydrogen-bond acceptors (Lipinski definition) is 4. The van der Waals surface area contributed by atoms with Crippen LogP contribution in [0.1, 0.15) is 195 Å². The summed E-state index contributed by atoms with van der Waals surface area (Å²) >= 11 is 0. The third-order valence-electron chi connectivity index (χ3n) is 9.83. The molecular weight excluding hydrogens is 641 g/mol. The number of allylic oxidation sites excluding steroid dienone is 8. The van der Waals surface area contributed by atoms with Gasteiger partial charge in [-0.1, -0.05) is 153 Å². The highest BCUT2D eigenvalue weighted by atomic mass is 16.5. The number of carbonyl (C=O) groups is 1. The molecule has 1 atom stereocenters. The van der Waals surface area contributed by atoms with Crippen LogP contribution < -0.4 is 5.32 Å². The van der Waals surface area contributed by atoms with Crippen LogP contribution in [0.15, 0.2) is 48.6 Å². The lowest BCUT2D eigenvalue weighted by atomic mass is 10.1. The zero-order valence-electron chi connectivity index (χ0n) is 35.2. The summed E-state index contributed by atoms with van der Waals surface area (Å²) in [5.41, 5.74) is 0. The first-order chi connectivity index (χ1) is 25.7. The molecule has 0 rings (SSSR count). The molecule has 0 aromatic heterocycles. The van der Waals surface area contributed by atoms with E-state index in [4.69, 9.17) is 9.47 Å². The van der Waals surface area contributed by atoms with Gasteiger partial charge in [-0.25, -0.2) is 0 Å². The minimum atomic E-state index is 0.0469. The van der Waals surface area contributed by atoms with Gasteiger partial charge >= 0.3 is 0 Å². The van der Waals surface area contributed by atoms with Gasteiger partial charge in [0.15, 0.2) is 0 Å². The minimum absolute atomic E-state index is 0.0469. The second-order valence-electron chi connectivity index (χ2n) is 14.7. The monoisotopic (exact) mass is 729 g/mol. The number of amides is 1. The molecule has 0 aromatic rings. The summed E-state index contributed by atoms with van der Waals surface area (Å²) in [6.07, 6.45) is 50.2. The highest BCUT2D eigenvalue weighted by molar-refractivity contribution is 5.76. The Morgan fingerprint density at radius 1 is 0.558 bits per heavy atom. The predicted molar refractivity (Wildman–Crippen MR) is 229 cm³/mol. The van der Waals surface area contributed by atoms with Gasteiger partial charge in [-0.15, -0.1) is 0 Å². The molecule has 0 aromatic carbocycles. The van der Waals surface area contributed by atoms with E-state index in [9.17, 15) is 4.79 Å². The number of carbonyl (C=O) groups excluding carboxylic acids is 1. The lowest BCUT2D eigenvalue weighted by molar-refractivity contribution is -0.121. The van der Waals surface area contributed by atoms with Crippen molar-refractivity contribution < 1.29 is 14.3 Å². The second kappa shape index (κ2) is 43.7. The number of unbranched alkanes of at least 4 members (excludes halogenated alkanes) is 18. The normalized spacial score (nSPS) is 12.9. The largest absolute Gasteiger partial charge is 0.379 e. The SMILES string of the molecule is CCCCC/C=C/C/C=C/CCCCCCCCOC[C@H](CCNC(=O)CCN(CC)CC)OCCCCCCCC/C=C/C/C=C/CCCCC. The summed E-state index contributed by atoms with van der Waals surface area (Å²) in [5.74, 6) is 0.137. The van der Waals surface area contributed by atoms with Crippen LogP contribution in [0, 0.1) is 0 Å². The van der Waals surface area contributed by atoms with Crippen molar-refractivity contribution in [3.63, 3.8) is 0 Å². The Bertz CT molecular complexity index is 832. The van der Waals surface area contributed by atoms with Gasteiger partial charge in [0.2, 0.25) is 5.91 Å². The Balaban J connectivity index is 4.09. The van der Waals surface area contributed by atoms with E-state index in [0.717, 1.165) is 65.0 Å². The van der Waals surface area contributed by atoms with E-state index in [2.05, 4.69) is 86.5 Å². The van der Waals surface area contributed by atoms with Crippen LogP contribution in [0.4, 0.5) is 0 Å². The van der Waals surface area contributed by atoms with Crippen LogP contribution in [0.5, 0.6) is 0 Å². The van der Waals surface area contributed by atoms with E-state index in [-0.39, 0.29) is 12.0 Å². The van der Waals surface area contributed by atoms with E-state index in [1.165, 1.54) is 128 Å². The molecule has 5 nitrogen and oxygen atoms in total.